The predicted molar refractivity (Wildman–Crippen MR) is 135 cm³/mol. The highest BCUT2D eigenvalue weighted by molar-refractivity contribution is 9.10. The van der Waals surface area contributed by atoms with Gasteiger partial charge in [0, 0.05) is 29.0 Å². The van der Waals surface area contributed by atoms with Gasteiger partial charge in [0.2, 0.25) is 11.8 Å². The maximum atomic E-state index is 13.9. The summed E-state index contributed by atoms with van der Waals surface area (Å²) < 4.78 is 42.5. The molecule has 37 heavy (non-hydrogen) atoms. The highest BCUT2D eigenvalue weighted by Gasteiger charge is 2.53. The summed E-state index contributed by atoms with van der Waals surface area (Å²) in [7, 11) is 0. The Morgan fingerprint density at radius 2 is 1.65 bits per heavy atom. The van der Waals surface area contributed by atoms with Crippen LogP contribution in [0.2, 0.25) is 0 Å². The number of carbonyl (C=O) groups is 2. The molecule has 10 heteroatoms. The van der Waals surface area contributed by atoms with Gasteiger partial charge in [-0.2, -0.15) is 0 Å². The number of fused-ring (bicyclic) bond motifs is 2. The standard InChI is InChI=1S/C27H29BrF3N3O3/c28-18-5-1-16(2-6-18)13-23(24(35)34-20-7-8-21(34)15-19(32)14-20)33-25(36)26(11-12-26)17-3-9-22(10-4-17)37-27(29,30)31/h1-6,9-10,19-21,23H,7-8,11-15,32H2,(H,33,36). The minimum atomic E-state index is -4.78. The molecule has 5 rings (SSSR count). The van der Waals surface area contributed by atoms with Crippen LogP contribution in [0, 0.1) is 0 Å². The molecular formula is C27H29BrF3N3O3. The normalized spacial score (nSPS) is 24.9. The summed E-state index contributed by atoms with van der Waals surface area (Å²) in [6.07, 6.45) is 0.0269. The molecule has 0 radical (unpaired) electrons. The number of rotatable bonds is 7. The largest absolute Gasteiger partial charge is 0.573 e. The Kier molecular flexibility index (Phi) is 7.00. The van der Waals surface area contributed by atoms with Crippen LogP contribution in [-0.4, -0.2) is 47.2 Å². The van der Waals surface area contributed by atoms with Gasteiger partial charge in [0.05, 0.1) is 5.41 Å². The molecule has 2 amide bonds. The molecule has 2 saturated heterocycles. The lowest BCUT2D eigenvalue weighted by atomic mass is 9.93. The summed E-state index contributed by atoms with van der Waals surface area (Å²) in [5.74, 6) is -0.719. The molecule has 1 aliphatic carbocycles. The van der Waals surface area contributed by atoms with E-state index in [-0.39, 0.29) is 35.7 Å². The fourth-order valence-corrected chi connectivity index (χ4v) is 6.12. The van der Waals surface area contributed by atoms with E-state index in [0.717, 1.165) is 35.7 Å². The van der Waals surface area contributed by atoms with Gasteiger partial charge in [0.25, 0.3) is 0 Å². The van der Waals surface area contributed by atoms with E-state index in [2.05, 4.69) is 26.0 Å². The zero-order valence-electron chi connectivity index (χ0n) is 20.1. The molecule has 3 N–H and O–H groups in total. The summed E-state index contributed by atoms with van der Waals surface area (Å²) in [5, 5.41) is 3.03. The van der Waals surface area contributed by atoms with Gasteiger partial charge in [-0.3, -0.25) is 9.59 Å². The Hall–Kier alpha value is -2.59. The molecule has 1 saturated carbocycles. The Morgan fingerprint density at radius 3 is 2.19 bits per heavy atom. The fourth-order valence-electron chi connectivity index (χ4n) is 5.86. The third kappa shape index (κ3) is 5.65. The van der Waals surface area contributed by atoms with E-state index in [1.54, 1.807) is 0 Å². The average Bonchev–Trinajstić information content (AvgIpc) is 3.60. The third-order valence-corrected chi connectivity index (χ3v) is 8.33. The van der Waals surface area contributed by atoms with E-state index in [1.165, 1.54) is 24.3 Å². The van der Waals surface area contributed by atoms with Crippen molar-refractivity contribution < 1.29 is 27.5 Å². The number of carbonyl (C=O) groups excluding carboxylic acids is 2. The molecule has 2 aromatic carbocycles. The van der Waals surface area contributed by atoms with E-state index in [0.29, 0.717) is 24.8 Å². The SMILES string of the molecule is NC1CC2CCC(C1)N2C(=O)C(Cc1ccc(Br)cc1)NC(=O)C1(c2ccc(OC(F)(F)F)cc2)CC1. The predicted octanol–water partition coefficient (Wildman–Crippen LogP) is 4.59. The van der Waals surface area contributed by atoms with Crippen molar-refractivity contribution in [2.45, 2.75) is 80.9 Å². The fraction of sp³-hybridized carbons (Fsp3) is 0.481. The van der Waals surface area contributed by atoms with Gasteiger partial charge in [-0.1, -0.05) is 40.2 Å². The van der Waals surface area contributed by atoms with Gasteiger partial charge in [0.15, 0.2) is 0 Å². The Balaban J connectivity index is 1.36. The second kappa shape index (κ2) is 9.94. The van der Waals surface area contributed by atoms with E-state index in [1.807, 2.05) is 29.2 Å². The second-order valence-electron chi connectivity index (χ2n) is 10.4. The van der Waals surface area contributed by atoms with Crippen LogP contribution in [0.5, 0.6) is 5.75 Å². The topological polar surface area (TPSA) is 84.7 Å². The van der Waals surface area contributed by atoms with Crippen molar-refractivity contribution in [2.75, 3.05) is 0 Å². The zero-order chi connectivity index (χ0) is 26.4. The Morgan fingerprint density at radius 1 is 1.05 bits per heavy atom. The number of nitrogens with two attached hydrogens (primary N) is 1. The van der Waals surface area contributed by atoms with Crippen LogP contribution < -0.4 is 15.8 Å². The molecule has 3 atom stereocenters. The first-order valence-corrected chi connectivity index (χ1v) is 13.3. The molecule has 2 aromatic rings. The summed E-state index contributed by atoms with van der Waals surface area (Å²) in [4.78, 5) is 29.4. The van der Waals surface area contributed by atoms with Crippen LogP contribution in [0.1, 0.15) is 49.7 Å². The lowest BCUT2D eigenvalue weighted by Gasteiger charge is -2.40. The van der Waals surface area contributed by atoms with Crippen LogP contribution >= 0.6 is 15.9 Å². The number of ether oxygens (including phenoxy) is 1. The third-order valence-electron chi connectivity index (χ3n) is 7.81. The smallest absolute Gasteiger partial charge is 0.406 e. The van der Waals surface area contributed by atoms with E-state index >= 15 is 0 Å². The molecule has 6 nitrogen and oxygen atoms in total. The number of nitrogens with zero attached hydrogens (tertiary/aromatic N) is 1. The van der Waals surface area contributed by atoms with Gasteiger partial charge < -0.3 is 20.7 Å². The summed E-state index contributed by atoms with van der Waals surface area (Å²) >= 11 is 3.43. The number of alkyl halides is 3. The Bertz CT molecular complexity index is 1140. The molecule has 198 valence electrons. The minimum Gasteiger partial charge on any atom is -0.406 e. The number of benzene rings is 2. The maximum absolute atomic E-state index is 13.9. The minimum absolute atomic E-state index is 0.0834. The van der Waals surface area contributed by atoms with Crippen LogP contribution in [-0.2, 0) is 21.4 Å². The van der Waals surface area contributed by atoms with E-state index in [9.17, 15) is 22.8 Å². The van der Waals surface area contributed by atoms with E-state index in [4.69, 9.17) is 5.73 Å². The molecule has 3 unspecified atom stereocenters. The van der Waals surface area contributed by atoms with Crippen molar-refractivity contribution in [3.63, 3.8) is 0 Å². The van der Waals surface area contributed by atoms with Crippen molar-refractivity contribution in [3.8, 4) is 5.75 Å². The molecule has 2 aliphatic heterocycles. The van der Waals surface area contributed by atoms with Crippen molar-refractivity contribution in [2.24, 2.45) is 5.73 Å². The van der Waals surface area contributed by atoms with Crippen molar-refractivity contribution in [1.29, 1.82) is 0 Å². The second-order valence-corrected chi connectivity index (χ2v) is 11.3. The molecule has 3 fully saturated rings. The number of nitrogens with one attached hydrogen (secondary N) is 1. The van der Waals surface area contributed by atoms with Gasteiger partial charge in [-0.05, 0) is 73.9 Å². The first-order chi connectivity index (χ1) is 17.5. The van der Waals surface area contributed by atoms with Crippen LogP contribution in [0.3, 0.4) is 0 Å². The number of halogens is 4. The van der Waals surface area contributed by atoms with Crippen LogP contribution in [0.15, 0.2) is 53.0 Å². The van der Waals surface area contributed by atoms with Crippen LogP contribution in [0.25, 0.3) is 0 Å². The molecule has 2 bridgehead atoms. The maximum Gasteiger partial charge on any atom is 0.573 e. The highest BCUT2D eigenvalue weighted by atomic mass is 79.9. The molecule has 0 spiro atoms. The monoisotopic (exact) mass is 579 g/mol. The summed E-state index contributed by atoms with van der Waals surface area (Å²) in [5.41, 5.74) is 6.87. The summed E-state index contributed by atoms with van der Waals surface area (Å²) in [6.45, 7) is 0. The van der Waals surface area contributed by atoms with Crippen molar-refractivity contribution in [1.82, 2.24) is 10.2 Å². The first-order valence-electron chi connectivity index (χ1n) is 12.5. The molecule has 2 heterocycles. The number of amides is 2. The highest BCUT2D eigenvalue weighted by Crippen LogP contribution is 2.49. The van der Waals surface area contributed by atoms with Crippen LogP contribution in [0.4, 0.5) is 13.2 Å². The quantitative estimate of drug-likeness (QED) is 0.502. The van der Waals surface area contributed by atoms with Gasteiger partial charge >= 0.3 is 6.36 Å². The lowest BCUT2D eigenvalue weighted by Crippen LogP contribution is -2.58. The summed E-state index contributed by atoms with van der Waals surface area (Å²) in [6, 6.07) is 12.6. The van der Waals surface area contributed by atoms with Crippen molar-refractivity contribution in [3.05, 3.63) is 64.1 Å². The average molecular weight is 580 g/mol. The van der Waals surface area contributed by atoms with Gasteiger partial charge in [-0.15, -0.1) is 13.2 Å². The van der Waals surface area contributed by atoms with E-state index < -0.39 is 17.8 Å². The number of piperidine rings is 1. The van der Waals surface area contributed by atoms with Gasteiger partial charge in [0.1, 0.15) is 11.8 Å². The van der Waals surface area contributed by atoms with Crippen molar-refractivity contribution >= 4 is 27.7 Å². The zero-order valence-corrected chi connectivity index (χ0v) is 21.7. The first kappa shape index (κ1) is 26.0. The molecule has 0 aromatic heterocycles. The lowest BCUT2D eigenvalue weighted by molar-refractivity contribution is -0.274. The Labute approximate surface area is 221 Å². The molecular weight excluding hydrogens is 551 g/mol. The van der Waals surface area contributed by atoms with Gasteiger partial charge in [-0.25, -0.2) is 0 Å². The number of hydrogen-bond donors (Lipinski definition) is 2. The molecule has 3 aliphatic rings. The number of hydrogen-bond acceptors (Lipinski definition) is 4.